The second-order valence-corrected chi connectivity index (χ2v) is 5.65. The summed E-state index contributed by atoms with van der Waals surface area (Å²) in [5.41, 5.74) is 2.52. The van der Waals surface area contributed by atoms with Gasteiger partial charge in [-0.25, -0.2) is 0 Å². The van der Waals surface area contributed by atoms with Gasteiger partial charge in [0.1, 0.15) is 11.5 Å². The van der Waals surface area contributed by atoms with Gasteiger partial charge in [-0.2, -0.15) is 0 Å². The molecule has 2 N–H and O–H groups in total. The molecule has 3 heteroatoms. The number of methoxy groups -OCH3 is 1. The number of hydrogen-bond acceptors (Lipinski definition) is 3. The quantitative estimate of drug-likeness (QED) is 0.883. The standard InChI is InChI=1S/C18H21NO2/c1-21-18-5-3-2-4-17(18)14-10-15(11-14)19-12-13-6-8-16(20)9-7-13/h2-9,14-15,19-20H,10-12H2,1H3. The zero-order chi connectivity index (χ0) is 14.7. The first-order chi connectivity index (χ1) is 10.3. The second kappa shape index (κ2) is 6.19. The minimum Gasteiger partial charge on any atom is -0.508 e. The first kappa shape index (κ1) is 14.0. The van der Waals surface area contributed by atoms with Gasteiger partial charge in [-0.05, 0) is 48.1 Å². The summed E-state index contributed by atoms with van der Waals surface area (Å²) >= 11 is 0. The molecule has 0 unspecified atom stereocenters. The molecule has 0 amide bonds. The Morgan fingerprint density at radius 2 is 1.81 bits per heavy atom. The van der Waals surface area contributed by atoms with Crippen molar-refractivity contribution < 1.29 is 9.84 Å². The lowest BCUT2D eigenvalue weighted by atomic mass is 9.75. The predicted molar refractivity (Wildman–Crippen MR) is 83.7 cm³/mol. The molecule has 110 valence electrons. The van der Waals surface area contributed by atoms with Crippen molar-refractivity contribution in [3.8, 4) is 11.5 Å². The largest absolute Gasteiger partial charge is 0.508 e. The molecule has 2 aromatic carbocycles. The Hall–Kier alpha value is -2.00. The maximum atomic E-state index is 9.27. The fourth-order valence-electron chi connectivity index (χ4n) is 2.92. The highest BCUT2D eigenvalue weighted by molar-refractivity contribution is 5.37. The topological polar surface area (TPSA) is 41.5 Å². The van der Waals surface area contributed by atoms with Crippen LogP contribution in [0.15, 0.2) is 48.5 Å². The van der Waals surface area contributed by atoms with Crippen molar-refractivity contribution in [1.82, 2.24) is 5.32 Å². The van der Waals surface area contributed by atoms with E-state index in [1.54, 1.807) is 19.2 Å². The molecule has 3 rings (SSSR count). The highest BCUT2D eigenvalue weighted by Crippen LogP contribution is 2.40. The minimum atomic E-state index is 0.318. The fraction of sp³-hybridized carbons (Fsp3) is 0.333. The summed E-state index contributed by atoms with van der Waals surface area (Å²) in [7, 11) is 1.73. The van der Waals surface area contributed by atoms with Crippen LogP contribution in [0.25, 0.3) is 0 Å². The van der Waals surface area contributed by atoms with Crippen molar-refractivity contribution in [1.29, 1.82) is 0 Å². The zero-order valence-electron chi connectivity index (χ0n) is 12.3. The summed E-state index contributed by atoms with van der Waals surface area (Å²) in [5, 5.41) is 12.8. The Bertz CT molecular complexity index is 588. The van der Waals surface area contributed by atoms with Crippen molar-refractivity contribution in [3.05, 3.63) is 59.7 Å². The molecule has 2 aromatic rings. The molecule has 1 fully saturated rings. The molecule has 0 bridgehead atoms. The van der Waals surface area contributed by atoms with Gasteiger partial charge in [0.2, 0.25) is 0 Å². The molecule has 0 aliphatic heterocycles. The average Bonchev–Trinajstić information content (AvgIpc) is 2.48. The van der Waals surface area contributed by atoms with Crippen LogP contribution in [-0.2, 0) is 6.54 Å². The zero-order valence-corrected chi connectivity index (χ0v) is 12.3. The molecule has 1 aliphatic rings. The first-order valence-electron chi connectivity index (χ1n) is 7.40. The van der Waals surface area contributed by atoms with Crippen LogP contribution in [-0.4, -0.2) is 18.3 Å². The van der Waals surface area contributed by atoms with Gasteiger partial charge in [0.25, 0.3) is 0 Å². The summed E-state index contributed by atoms with van der Waals surface area (Å²) in [6, 6.07) is 16.2. The van der Waals surface area contributed by atoms with E-state index in [-0.39, 0.29) is 0 Å². The van der Waals surface area contributed by atoms with Crippen molar-refractivity contribution in [3.63, 3.8) is 0 Å². The second-order valence-electron chi connectivity index (χ2n) is 5.65. The lowest BCUT2D eigenvalue weighted by Gasteiger charge is -2.37. The number of nitrogens with one attached hydrogen (secondary N) is 1. The van der Waals surface area contributed by atoms with Crippen LogP contribution in [0, 0.1) is 0 Å². The highest BCUT2D eigenvalue weighted by Gasteiger charge is 2.31. The van der Waals surface area contributed by atoms with E-state index in [0.29, 0.717) is 17.7 Å². The maximum absolute atomic E-state index is 9.27. The molecule has 0 spiro atoms. The summed E-state index contributed by atoms with van der Waals surface area (Å²) in [4.78, 5) is 0. The Balaban J connectivity index is 1.50. The van der Waals surface area contributed by atoms with Gasteiger partial charge in [0, 0.05) is 12.6 Å². The third kappa shape index (κ3) is 3.19. The van der Waals surface area contributed by atoms with E-state index in [0.717, 1.165) is 25.1 Å². The lowest BCUT2D eigenvalue weighted by molar-refractivity contribution is 0.282. The summed E-state index contributed by atoms with van der Waals surface area (Å²) < 4.78 is 5.43. The number of benzene rings is 2. The van der Waals surface area contributed by atoms with E-state index in [1.165, 1.54) is 11.1 Å². The summed E-state index contributed by atoms with van der Waals surface area (Å²) in [6.45, 7) is 0.851. The van der Waals surface area contributed by atoms with Gasteiger partial charge < -0.3 is 15.2 Å². The predicted octanol–water partition coefficient (Wildman–Crippen LogP) is 3.44. The summed E-state index contributed by atoms with van der Waals surface area (Å²) in [6.07, 6.45) is 2.30. The maximum Gasteiger partial charge on any atom is 0.122 e. The van der Waals surface area contributed by atoms with Gasteiger partial charge in [0.15, 0.2) is 0 Å². The molecule has 0 heterocycles. The molecular weight excluding hydrogens is 262 g/mol. The van der Waals surface area contributed by atoms with Crippen molar-refractivity contribution in [2.75, 3.05) is 7.11 Å². The monoisotopic (exact) mass is 283 g/mol. The van der Waals surface area contributed by atoms with E-state index in [2.05, 4.69) is 17.4 Å². The SMILES string of the molecule is COc1ccccc1C1CC(NCc2ccc(O)cc2)C1. The van der Waals surface area contributed by atoms with E-state index in [1.807, 2.05) is 24.3 Å². The van der Waals surface area contributed by atoms with Gasteiger partial charge in [-0.3, -0.25) is 0 Å². The molecule has 21 heavy (non-hydrogen) atoms. The van der Waals surface area contributed by atoms with Crippen LogP contribution in [0.4, 0.5) is 0 Å². The third-order valence-corrected chi connectivity index (χ3v) is 4.25. The smallest absolute Gasteiger partial charge is 0.122 e. The van der Waals surface area contributed by atoms with E-state index in [9.17, 15) is 5.11 Å². The molecular formula is C18H21NO2. The number of phenolic OH excluding ortho intramolecular Hbond substituents is 1. The van der Waals surface area contributed by atoms with Crippen LogP contribution in [0.2, 0.25) is 0 Å². The minimum absolute atomic E-state index is 0.318. The first-order valence-corrected chi connectivity index (χ1v) is 7.40. The Kier molecular flexibility index (Phi) is 4.11. The number of para-hydroxylation sites is 1. The molecule has 1 aliphatic carbocycles. The van der Waals surface area contributed by atoms with Crippen LogP contribution in [0.5, 0.6) is 11.5 Å². The number of aromatic hydroxyl groups is 1. The van der Waals surface area contributed by atoms with Gasteiger partial charge in [-0.15, -0.1) is 0 Å². The average molecular weight is 283 g/mol. The van der Waals surface area contributed by atoms with Crippen molar-refractivity contribution >= 4 is 0 Å². The van der Waals surface area contributed by atoms with Crippen LogP contribution >= 0.6 is 0 Å². The van der Waals surface area contributed by atoms with Gasteiger partial charge in [0.05, 0.1) is 7.11 Å². The normalized spacial score (nSPS) is 20.8. The van der Waals surface area contributed by atoms with Crippen LogP contribution in [0.1, 0.15) is 29.9 Å². The third-order valence-electron chi connectivity index (χ3n) is 4.25. The molecule has 3 nitrogen and oxygen atoms in total. The van der Waals surface area contributed by atoms with Gasteiger partial charge in [-0.1, -0.05) is 30.3 Å². The van der Waals surface area contributed by atoms with E-state index in [4.69, 9.17) is 4.74 Å². The molecule has 0 aromatic heterocycles. The Morgan fingerprint density at radius 1 is 1.10 bits per heavy atom. The number of phenols is 1. The Labute approximate surface area is 125 Å². The highest BCUT2D eigenvalue weighted by atomic mass is 16.5. The molecule has 0 radical (unpaired) electrons. The number of ether oxygens (including phenoxy) is 1. The molecule has 0 atom stereocenters. The van der Waals surface area contributed by atoms with Crippen LogP contribution < -0.4 is 10.1 Å². The molecule has 1 saturated carbocycles. The van der Waals surface area contributed by atoms with Gasteiger partial charge >= 0.3 is 0 Å². The number of hydrogen-bond donors (Lipinski definition) is 2. The van der Waals surface area contributed by atoms with E-state index >= 15 is 0 Å². The molecule has 0 saturated heterocycles. The fourth-order valence-corrected chi connectivity index (χ4v) is 2.92. The summed E-state index contributed by atoms with van der Waals surface area (Å²) in [5.74, 6) is 1.91. The van der Waals surface area contributed by atoms with Crippen molar-refractivity contribution in [2.45, 2.75) is 31.3 Å². The Morgan fingerprint density at radius 3 is 2.52 bits per heavy atom. The van der Waals surface area contributed by atoms with E-state index < -0.39 is 0 Å². The number of rotatable bonds is 5. The lowest BCUT2D eigenvalue weighted by Crippen LogP contribution is -2.39. The van der Waals surface area contributed by atoms with Crippen LogP contribution in [0.3, 0.4) is 0 Å². The van der Waals surface area contributed by atoms with Crippen molar-refractivity contribution in [2.24, 2.45) is 0 Å².